The smallest absolute Gasteiger partial charge is 0.227 e. The summed E-state index contributed by atoms with van der Waals surface area (Å²) in [7, 11) is 0. The predicted octanol–water partition coefficient (Wildman–Crippen LogP) is 2.88. The van der Waals surface area contributed by atoms with Crippen LogP contribution >= 0.6 is 0 Å². The molecule has 0 saturated heterocycles. The first-order valence-corrected chi connectivity index (χ1v) is 7.34. The number of hydrogen-bond acceptors (Lipinski definition) is 2. The number of anilines is 1. The molecular formula is C16H24N2O. The number of aryl methyl sites for hydroxylation is 1. The zero-order chi connectivity index (χ0) is 13.7. The van der Waals surface area contributed by atoms with Gasteiger partial charge in [-0.2, -0.15) is 0 Å². The van der Waals surface area contributed by atoms with Crippen LogP contribution in [0.3, 0.4) is 0 Å². The monoisotopic (exact) mass is 260 g/mol. The molecule has 3 N–H and O–H groups in total. The van der Waals surface area contributed by atoms with E-state index in [-0.39, 0.29) is 11.8 Å². The number of fused-ring (bicyclic) bond motifs is 1. The Balaban J connectivity index is 2.04. The van der Waals surface area contributed by atoms with E-state index in [9.17, 15) is 4.79 Å². The van der Waals surface area contributed by atoms with Crippen molar-refractivity contribution in [1.29, 1.82) is 0 Å². The standard InChI is InChI=1S/C16H24N2O/c1-12(6-5-11-17)16(19)18-15-10-4-8-13-7-2-3-9-14(13)15/h4,8,10,12H,2-3,5-7,9,11,17H2,1H3,(H,18,19). The molecule has 1 aliphatic carbocycles. The van der Waals surface area contributed by atoms with Crippen molar-refractivity contribution in [2.45, 2.75) is 45.4 Å². The van der Waals surface area contributed by atoms with E-state index in [1.165, 1.54) is 24.0 Å². The van der Waals surface area contributed by atoms with Crippen LogP contribution in [0.25, 0.3) is 0 Å². The number of benzene rings is 1. The van der Waals surface area contributed by atoms with Gasteiger partial charge in [0.05, 0.1) is 0 Å². The lowest BCUT2D eigenvalue weighted by atomic mass is 9.90. The summed E-state index contributed by atoms with van der Waals surface area (Å²) in [4.78, 5) is 12.2. The molecule has 0 bridgehead atoms. The van der Waals surface area contributed by atoms with Gasteiger partial charge in [0, 0.05) is 11.6 Å². The first kappa shape index (κ1) is 14.1. The zero-order valence-electron chi connectivity index (χ0n) is 11.7. The Morgan fingerprint density at radius 2 is 2.16 bits per heavy atom. The Morgan fingerprint density at radius 1 is 1.37 bits per heavy atom. The maximum atomic E-state index is 12.2. The summed E-state index contributed by atoms with van der Waals surface area (Å²) in [5.74, 6) is 0.149. The molecule has 1 aromatic rings. The zero-order valence-corrected chi connectivity index (χ0v) is 11.7. The van der Waals surface area contributed by atoms with E-state index in [2.05, 4.69) is 11.4 Å². The normalized spacial score (nSPS) is 15.7. The highest BCUT2D eigenvalue weighted by molar-refractivity contribution is 5.93. The number of amides is 1. The fourth-order valence-electron chi connectivity index (χ4n) is 2.71. The van der Waals surface area contributed by atoms with Crippen molar-refractivity contribution in [3.05, 3.63) is 29.3 Å². The van der Waals surface area contributed by atoms with E-state index in [0.717, 1.165) is 31.4 Å². The third-order valence-corrected chi connectivity index (χ3v) is 3.94. The first-order chi connectivity index (χ1) is 9.22. The second-order valence-corrected chi connectivity index (χ2v) is 5.47. The minimum atomic E-state index is 0.0306. The van der Waals surface area contributed by atoms with Gasteiger partial charge in [-0.3, -0.25) is 4.79 Å². The molecule has 2 rings (SSSR count). The number of hydrogen-bond donors (Lipinski definition) is 2. The average Bonchev–Trinajstić information content (AvgIpc) is 2.45. The van der Waals surface area contributed by atoms with Crippen LogP contribution in [0.4, 0.5) is 5.69 Å². The fraction of sp³-hybridized carbons (Fsp3) is 0.562. The van der Waals surface area contributed by atoms with Gasteiger partial charge in [0.15, 0.2) is 0 Å². The van der Waals surface area contributed by atoms with Crippen LogP contribution in [0.2, 0.25) is 0 Å². The molecule has 0 spiro atoms. The molecule has 3 nitrogen and oxygen atoms in total. The second kappa shape index (κ2) is 6.71. The molecule has 0 aliphatic heterocycles. The van der Waals surface area contributed by atoms with Gasteiger partial charge in [0.25, 0.3) is 0 Å². The van der Waals surface area contributed by atoms with Crippen molar-refractivity contribution in [3.8, 4) is 0 Å². The lowest BCUT2D eigenvalue weighted by molar-refractivity contribution is -0.119. The van der Waals surface area contributed by atoms with Gasteiger partial charge < -0.3 is 11.1 Å². The van der Waals surface area contributed by atoms with Gasteiger partial charge >= 0.3 is 0 Å². The molecule has 3 heteroatoms. The maximum absolute atomic E-state index is 12.2. The summed E-state index contributed by atoms with van der Waals surface area (Å²) in [6, 6.07) is 6.25. The summed E-state index contributed by atoms with van der Waals surface area (Å²) in [6.07, 6.45) is 6.48. The lowest BCUT2D eigenvalue weighted by Gasteiger charge is -2.20. The van der Waals surface area contributed by atoms with Crippen LogP contribution in [0.1, 0.15) is 43.7 Å². The topological polar surface area (TPSA) is 55.1 Å². The Hall–Kier alpha value is -1.35. The molecule has 0 radical (unpaired) electrons. The van der Waals surface area contributed by atoms with Gasteiger partial charge in [0.2, 0.25) is 5.91 Å². The molecule has 0 aromatic heterocycles. The van der Waals surface area contributed by atoms with Gasteiger partial charge in [-0.1, -0.05) is 19.1 Å². The van der Waals surface area contributed by atoms with Gasteiger partial charge in [0.1, 0.15) is 0 Å². The molecule has 104 valence electrons. The lowest BCUT2D eigenvalue weighted by Crippen LogP contribution is -2.22. The van der Waals surface area contributed by atoms with Gasteiger partial charge in [-0.05, 0) is 62.3 Å². The molecule has 1 atom stereocenters. The summed E-state index contributed by atoms with van der Waals surface area (Å²) < 4.78 is 0. The maximum Gasteiger partial charge on any atom is 0.227 e. The van der Waals surface area contributed by atoms with Crippen molar-refractivity contribution < 1.29 is 4.79 Å². The summed E-state index contributed by atoms with van der Waals surface area (Å²) in [5, 5.41) is 3.10. The van der Waals surface area contributed by atoms with Crippen LogP contribution in [0, 0.1) is 5.92 Å². The third kappa shape index (κ3) is 3.57. The predicted molar refractivity (Wildman–Crippen MR) is 79.2 cm³/mol. The minimum absolute atomic E-state index is 0.0306. The number of nitrogens with one attached hydrogen (secondary N) is 1. The van der Waals surface area contributed by atoms with Crippen LogP contribution in [0.5, 0.6) is 0 Å². The van der Waals surface area contributed by atoms with E-state index in [4.69, 9.17) is 5.73 Å². The number of carbonyl (C=O) groups excluding carboxylic acids is 1. The van der Waals surface area contributed by atoms with E-state index in [0.29, 0.717) is 6.54 Å². The van der Waals surface area contributed by atoms with Crippen LogP contribution < -0.4 is 11.1 Å². The molecule has 0 heterocycles. The number of rotatable bonds is 5. The SMILES string of the molecule is CC(CCCN)C(=O)Nc1cccc2c1CCCC2. The Labute approximate surface area is 115 Å². The molecule has 19 heavy (non-hydrogen) atoms. The first-order valence-electron chi connectivity index (χ1n) is 7.34. The molecule has 1 amide bonds. The fourth-order valence-corrected chi connectivity index (χ4v) is 2.71. The van der Waals surface area contributed by atoms with Crippen molar-refractivity contribution >= 4 is 11.6 Å². The summed E-state index contributed by atoms with van der Waals surface area (Å²) >= 11 is 0. The molecule has 1 unspecified atom stereocenters. The van der Waals surface area contributed by atoms with Gasteiger partial charge in [-0.25, -0.2) is 0 Å². The van der Waals surface area contributed by atoms with E-state index in [1.807, 2.05) is 19.1 Å². The van der Waals surface area contributed by atoms with Gasteiger partial charge in [-0.15, -0.1) is 0 Å². The summed E-state index contributed by atoms with van der Waals surface area (Å²) in [6.45, 7) is 2.62. The van der Waals surface area contributed by atoms with E-state index in [1.54, 1.807) is 0 Å². The number of nitrogens with two attached hydrogens (primary N) is 1. The quantitative estimate of drug-likeness (QED) is 0.855. The Morgan fingerprint density at radius 3 is 2.95 bits per heavy atom. The second-order valence-electron chi connectivity index (χ2n) is 5.47. The van der Waals surface area contributed by atoms with Crippen molar-refractivity contribution in [3.63, 3.8) is 0 Å². The molecule has 0 saturated carbocycles. The highest BCUT2D eigenvalue weighted by Crippen LogP contribution is 2.28. The van der Waals surface area contributed by atoms with Crippen molar-refractivity contribution in [2.75, 3.05) is 11.9 Å². The highest BCUT2D eigenvalue weighted by Gasteiger charge is 2.17. The summed E-state index contributed by atoms with van der Waals surface area (Å²) in [5.41, 5.74) is 9.25. The van der Waals surface area contributed by atoms with Crippen LogP contribution in [0.15, 0.2) is 18.2 Å². The third-order valence-electron chi connectivity index (χ3n) is 3.94. The van der Waals surface area contributed by atoms with Crippen LogP contribution in [-0.4, -0.2) is 12.5 Å². The largest absolute Gasteiger partial charge is 0.330 e. The van der Waals surface area contributed by atoms with Crippen molar-refractivity contribution in [2.24, 2.45) is 11.7 Å². The molecule has 0 fully saturated rings. The Bertz CT molecular complexity index is 442. The molecule has 1 aliphatic rings. The van der Waals surface area contributed by atoms with Crippen LogP contribution in [-0.2, 0) is 17.6 Å². The number of carbonyl (C=O) groups is 1. The Kier molecular flexibility index (Phi) is 4.97. The highest BCUT2D eigenvalue weighted by atomic mass is 16.1. The van der Waals surface area contributed by atoms with E-state index >= 15 is 0 Å². The average molecular weight is 260 g/mol. The molecular weight excluding hydrogens is 236 g/mol. The molecule has 1 aromatic carbocycles. The van der Waals surface area contributed by atoms with E-state index < -0.39 is 0 Å². The van der Waals surface area contributed by atoms with Crippen molar-refractivity contribution in [1.82, 2.24) is 0 Å². The minimum Gasteiger partial charge on any atom is -0.330 e.